The fourth-order valence-corrected chi connectivity index (χ4v) is 4.32. The average molecular weight is 348 g/mol. The van der Waals surface area contributed by atoms with Gasteiger partial charge in [0.15, 0.2) is 11.5 Å². The zero-order valence-electron chi connectivity index (χ0n) is 14.1. The molecule has 1 aliphatic carbocycles. The number of rotatable bonds is 3. The Morgan fingerprint density at radius 1 is 1.48 bits per heavy atom. The van der Waals surface area contributed by atoms with Gasteiger partial charge in [0, 0.05) is 18.5 Å². The zero-order chi connectivity index (χ0) is 17.8. The largest absolute Gasteiger partial charge is 0.493 e. The Morgan fingerprint density at radius 2 is 2.28 bits per heavy atom. The second-order valence-electron chi connectivity index (χ2n) is 6.91. The molecule has 134 valence electrons. The van der Waals surface area contributed by atoms with Gasteiger partial charge in [0.2, 0.25) is 5.79 Å². The van der Waals surface area contributed by atoms with Crippen LogP contribution in [-0.2, 0) is 16.8 Å². The van der Waals surface area contributed by atoms with Crippen LogP contribution in [-0.4, -0.2) is 47.7 Å². The molecule has 2 heterocycles. The van der Waals surface area contributed by atoms with Crippen LogP contribution in [0.1, 0.15) is 24.0 Å². The lowest BCUT2D eigenvalue weighted by atomic mass is 9.67. The van der Waals surface area contributed by atoms with Crippen LogP contribution in [0.15, 0.2) is 24.3 Å². The van der Waals surface area contributed by atoms with Crippen LogP contribution in [0.3, 0.4) is 0 Å². The minimum absolute atomic E-state index is 0.0224. The van der Waals surface area contributed by atoms with Crippen molar-refractivity contribution >= 4 is 0 Å². The molecule has 0 unspecified atom stereocenters. The molecule has 3 aliphatic rings. The van der Waals surface area contributed by atoms with Gasteiger partial charge < -0.3 is 24.3 Å². The molecule has 2 aliphatic heterocycles. The second-order valence-corrected chi connectivity index (χ2v) is 6.91. The van der Waals surface area contributed by atoms with Crippen LogP contribution in [0, 0.1) is 10.1 Å². The standard InChI is InChI=1S/C17H20N2O6/c1-18-8-7-16-6-5-12(25-19(21)22)9-17(16,20)24-15-13(23-2)4-3-11(10-18)14(15)16/h3-6,12,20H,7-10H2,1-2H3/t12-,16+,17-/m0/s1. The van der Waals surface area contributed by atoms with Crippen molar-refractivity contribution in [2.75, 3.05) is 20.7 Å². The molecule has 3 atom stereocenters. The highest BCUT2D eigenvalue weighted by Gasteiger charge is 2.62. The van der Waals surface area contributed by atoms with Crippen molar-refractivity contribution in [3.05, 3.63) is 45.5 Å². The smallest absolute Gasteiger partial charge is 0.295 e. The van der Waals surface area contributed by atoms with E-state index in [4.69, 9.17) is 9.47 Å². The summed E-state index contributed by atoms with van der Waals surface area (Å²) in [6.45, 7) is 1.49. The van der Waals surface area contributed by atoms with Crippen LogP contribution in [0.5, 0.6) is 11.5 Å². The maximum Gasteiger partial charge on any atom is 0.295 e. The topological polar surface area (TPSA) is 94.3 Å². The van der Waals surface area contributed by atoms with Crippen molar-refractivity contribution in [3.63, 3.8) is 0 Å². The van der Waals surface area contributed by atoms with Gasteiger partial charge in [-0.1, -0.05) is 18.2 Å². The van der Waals surface area contributed by atoms with E-state index in [1.807, 2.05) is 25.3 Å². The Bertz CT molecular complexity index is 766. The highest BCUT2D eigenvalue weighted by Crippen LogP contribution is 2.59. The van der Waals surface area contributed by atoms with E-state index in [-0.39, 0.29) is 6.42 Å². The molecule has 1 N–H and O–H groups in total. The number of ether oxygens (including phenoxy) is 2. The molecule has 8 nitrogen and oxygen atoms in total. The molecular weight excluding hydrogens is 328 g/mol. The van der Waals surface area contributed by atoms with Gasteiger partial charge in [0.1, 0.15) is 6.10 Å². The third kappa shape index (κ3) is 2.21. The molecule has 25 heavy (non-hydrogen) atoms. The molecule has 0 fully saturated rings. The van der Waals surface area contributed by atoms with Crippen LogP contribution in [0.2, 0.25) is 0 Å². The summed E-state index contributed by atoms with van der Waals surface area (Å²) in [5, 5.41) is 21.3. The Labute approximate surface area is 144 Å². The Kier molecular flexibility index (Phi) is 3.45. The molecule has 4 rings (SSSR count). The highest BCUT2D eigenvalue weighted by atomic mass is 17.0. The van der Waals surface area contributed by atoms with Gasteiger partial charge in [-0.2, -0.15) is 0 Å². The molecule has 1 aromatic rings. The summed E-state index contributed by atoms with van der Waals surface area (Å²) >= 11 is 0. The summed E-state index contributed by atoms with van der Waals surface area (Å²) in [5.74, 6) is -0.547. The van der Waals surface area contributed by atoms with E-state index in [2.05, 4.69) is 9.74 Å². The van der Waals surface area contributed by atoms with E-state index >= 15 is 0 Å². The summed E-state index contributed by atoms with van der Waals surface area (Å²) in [6.07, 6.45) is 3.24. The van der Waals surface area contributed by atoms with E-state index in [9.17, 15) is 15.2 Å². The number of aliphatic hydroxyl groups is 1. The number of hydrogen-bond acceptors (Lipinski definition) is 7. The van der Waals surface area contributed by atoms with E-state index in [1.165, 1.54) is 0 Å². The predicted molar refractivity (Wildman–Crippen MR) is 86.8 cm³/mol. The molecule has 0 saturated carbocycles. The molecule has 1 aromatic carbocycles. The first kappa shape index (κ1) is 16.2. The fourth-order valence-electron chi connectivity index (χ4n) is 4.32. The second kappa shape index (κ2) is 5.34. The number of benzene rings is 1. The Hall–Kier alpha value is -2.32. The van der Waals surface area contributed by atoms with Gasteiger partial charge in [0.05, 0.1) is 12.5 Å². The van der Waals surface area contributed by atoms with Gasteiger partial charge in [-0.05, 0) is 31.6 Å². The van der Waals surface area contributed by atoms with Gasteiger partial charge in [0.25, 0.3) is 5.09 Å². The van der Waals surface area contributed by atoms with Crippen molar-refractivity contribution in [1.82, 2.24) is 4.90 Å². The quantitative estimate of drug-likeness (QED) is 0.501. The van der Waals surface area contributed by atoms with Crippen molar-refractivity contribution in [3.8, 4) is 11.5 Å². The van der Waals surface area contributed by atoms with Crippen molar-refractivity contribution in [1.29, 1.82) is 0 Å². The predicted octanol–water partition coefficient (Wildman–Crippen LogP) is 1.39. The van der Waals surface area contributed by atoms with Gasteiger partial charge >= 0.3 is 0 Å². The van der Waals surface area contributed by atoms with Crippen molar-refractivity contribution in [2.24, 2.45) is 0 Å². The van der Waals surface area contributed by atoms with E-state index in [1.54, 1.807) is 13.2 Å². The summed E-state index contributed by atoms with van der Waals surface area (Å²) in [7, 11) is 3.58. The van der Waals surface area contributed by atoms with Crippen molar-refractivity contribution < 1.29 is 24.5 Å². The molecule has 0 bridgehead atoms. The van der Waals surface area contributed by atoms with E-state index < -0.39 is 22.4 Å². The monoisotopic (exact) mass is 348 g/mol. The van der Waals surface area contributed by atoms with Crippen LogP contribution >= 0.6 is 0 Å². The van der Waals surface area contributed by atoms with Crippen molar-refractivity contribution in [2.45, 2.75) is 36.7 Å². The molecule has 1 spiro atoms. The van der Waals surface area contributed by atoms with Gasteiger partial charge in [-0.3, -0.25) is 0 Å². The van der Waals surface area contributed by atoms with Crippen LogP contribution in [0.25, 0.3) is 0 Å². The van der Waals surface area contributed by atoms with Crippen LogP contribution < -0.4 is 9.47 Å². The third-order valence-electron chi connectivity index (χ3n) is 5.46. The maximum atomic E-state index is 11.4. The van der Waals surface area contributed by atoms with Gasteiger partial charge in [-0.15, -0.1) is 10.1 Å². The number of hydrogen-bond donors (Lipinski definition) is 1. The summed E-state index contributed by atoms with van der Waals surface area (Å²) in [4.78, 5) is 17.5. The lowest BCUT2D eigenvalue weighted by Crippen LogP contribution is -2.55. The van der Waals surface area contributed by atoms with E-state index in [0.29, 0.717) is 17.9 Å². The summed E-state index contributed by atoms with van der Waals surface area (Å²) < 4.78 is 11.4. The number of nitrogens with zero attached hydrogens (tertiary/aromatic N) is 2. The third-order valence-corrected chi connectivity index (χ3v) is 5.46. The summed E-state index contributed by atoms with van der Waals surface area (Å²) in [6, 6.07) is 3.82. The van der Waals surface area contributed by atoms with E-state index in [0.717, 1.165) is 24.2 Å². The van der Waals surface area contributed by atoms with Crippen LogP contribution in [0.4, 0.5) is 0 Å². The van der Waals surface area contributed by atoms with Gasteiger partial charge in [-0.25, -0.2) is 0 Å². The summed E-state index contributed by atoms with van der Waals surface area (Å²) in [5.41, 5.74) is 1.20. The lowest BCUT2D eigenvalue weighted by Gasteiger charge is -2.42. The zero-order valence-corrected chi connectivity index (χ0v) is 14.1. The average Bonchev–Trinajstić information content (AvgIpc) is 2.71. The molecular formula is C17H20N2O6. The molecule has 8 heteroatoms. The lowest BCUT2D eigenvalue weighted by molar-refractivity contribution is -0.766. The molecule has 0 aromatic heterocycles. The first-order chi connectivity index (χ1) is 11.9. The first-order valence-corrected chi connectivity index (χ1v) is 8.19. The first-order valence-electron chi connectivity index (χ1n) is 8.19. The fraction of sp³-hybridized carbons (Fsp3) is 0.529. The Balaban J connectivity index is 1.88. The molecule has 0 amide bonds. The Morgan fingerprint density at radius 3 is 3.00 bits per heavy atom. The SMILES string of the molecule is COc1ccc2c3c1O[C@@]1(O)C[C@@H](O[N+](=O)[O-])C=C[C@@]31CCN(C)C2. The minimum Gasteiger partial charge on any atom is -0.493 e. The normalized spacial score (nSPS) is 33.0. The molecule has 0 radical (unpaired) electrons. The minimum atomic E-state index is -1.61. The maximum absolute atomic E-state index is 11.4. The molecule has 0 saturated heterocycles. The number of methoxy groups -OCH3 is 1. The highest BCUT2D eigenvalue weighted by molar-refractivity contribution is 5.61.